The molecule has 9 nitrogen and oxygen atoms in total. The molecule has 3 aromatic rings. The molecule has 0 aromatic heterocycles. The number of halogens is 1. The number of rotatable bonds is 6. The summed E-state index contributed by atoms with van der Waals surface area (Å²) in [4.78, 5) is 23.0. The van der Waals surface area contributed by atoms with E-state index in [1.54, 1.807) is 30.3 Å². The first-order valence-electron chi connectivity index (χ1n) is 10.3. The normalized spacial score (nSPS) is 14.4. The van der Waals surface area contributed by atoms with Crippen LogP contribution in [0.4, 0.5) is 5.69 Å². The number of hydrogen-bond donors (Lipinski definition) is 1. The van der Waals surface area contributed by atoms with Crippen LogP contribution in [0.3, 0.4) is 0 Å². The number of carbonyl (C=O) groups excluding carboxylic acids is 1. The van der Waals surface area contributed by atoms with Gasteiger partial charge in [-0.05, 0) is 42.3 Å². The number of carbonyl (C=O) groups is 1. The molecule has 4 rings (SSSR count). The van der Waals surface area contributed by atoms with Gasteiger partial charge in [-0.1, -0.05) is 29.8 Å². The highest BCUT2D eigenvalue weighted by molar-refractivity contribution is 6.31. The Balaban J connectivity index is 1.56. The van der Waals surface area contributed by atoms with Crippen LogP contribution < -0.4 is 19.9 Å². The molecule has 0 spiro atoms. The number of ether oxygens (including phenoxy) is 3. The monoisotopic (exact) mass is 491 g/mol. The molecule has 2 N–H and O–H groups in total. The molecule has 0 saturated heterocycles. The van der Waals surface area contributed by atoms with Gasteiger partial charge in [-0.2, -0.15) is 5.26 Å². The lowest BCUT2D eigenvalue weighted by Gasteiger charge is -2.26. The molecular weight excluding hydrogens is 474 g/mol. The minimum Gasteiger partial charge on any atom is -0.482 e. The van der Waals surface area contributed by atoms with Crippen LogP contribution in [0.2, 0.25) is 5.02 Å². The Morgan fingerprint density at radius 1 is 1.20 bits per heavy atom. The van der Waals surface area contributed by atoms with Crippen molar-refractivity contribution in [2.45, 2.75) is 12.8 Å². The van der Waals surface area contributed by atoms with Crippen LogP contribution in [-0.4, -0.2) is 17.5 Å². The number of nitriles is 1. The summed E-state index contributed by atoms with van der Waals surface area (Å²) in [6, 6.07) is 17.6. The van der Waals surface area contributed by atoms with Gasteiger partial charge in [0.05, 0.1) is 10.8 Å². The van der Waals surface area contributed by atoms with E-state index in [0.717, 1.165) is 5.56 Å². The Morgan fingerprint density at radius 2 is 1.97 bits per heavy atom. The highest BCUT2D eigenvalue weighted by atomic mass is 35.5. The van der Waals surface area contributed by atoms with Gasteiger partial charge in [0, 0.05) is 28.8 Å². The third-order valence-corrected chi connectivity index (χ3v) is 5.75. The summed E-state index contributed by atoms with van der Waals surface area (Å²) in [5.41, 5.74) is 7.84. The molecule has 1 atom stereocenters. The molecule has 0 bridgehead atoms. The average Bonchev–Trinajstić information content (AvgIpc) is 2.84. The van der Waals surface area contributed by atoms with Crippen molar-refractivity contribution < 1.29 is 23.9 Å². The minimum atomic E-state index is -0.690. The Bertz CT molecular complexity index is 1410. The van der Waals surface area contributed by atoms with Crippen LogP contribution in [0.15, 0.2) is 72.1 Å². The maximum Gasteiger partial charge on any atom is 0.349 e. The van der Waals surface area contributed by atoms with Crippen LogP contribution in [0.1, 0.15) is 22.6 Å². The van der Waals surface area contributed by atoms with E-state index in [1.807, 2.05) is 13.0 Å². The molecule has 0 amide bonds. The Morgan fingerprint density at radius 3 is 2.69 bits per heavy atom. The standard InChI is InChI=1S/C25H18ClN3O6/c1-14-9-17(6-8-21(14)26)33-13-23(30)34-18-5-7-19-22(11-18)35-25(28)20(12-27)24(19)15-3-2-4-16(10-15)29(31)32/h2-11,24H,13,28H2,1H3. The van der Waals surface area contributed by atoms with Crippen LogP contribution >= 0.6 is 11.6 Å². The van der Waals surface area contributed by atoms with E-state index >= 15 is 0 Å². The van der Waals surface area contributed by atoms with Gasteiger partial charge in [0.1, 0.15) is 28.9 Å². The number of nitro benzene ring substituents is 1. The number of non-ortho nitro benzene ring substituents is 1. The predicted octanol–water partition coefficient (Wildman–Crippen LogP) is 4.76. The topological polar surface area (TPSA) is 138 Å². The molecule has 1 heterocycles. The molecule has 3 aromatic carbocycles. The second kappa shape index (κ2) is 9.75. The summed E-state index contributed by atoms with van der Waals surface area (Å²) in [6.07, 6.45) is 0. The molecule has 1 aliphatic rings. The zero-order valence-electron chi connectivity index (χ0n) is 18.4. The van der Waals surface area contributed by atoms with Crippen molar-refractivity contribution in [1.82, 2.24) is 0 Å². The first kappa shape index (κ1) is 23.6. The first-order valence-corrected chi connectivity index (χ1v) is 10.7. The molecule has 0 saturated carbocycles. The molecule has 0 aliphatic carbocycles. The van der Waals surface area contributed by atoms with Gasteiger partial charge in [0.15, 0.2) is 6.61 Å². The number of hydrogen-bond acceptors (Lipinski definition) is 8. The van der Waals surface area contributed by atoms with E-state index in [-0.39, 0.29) is 35.2 Å². The van der Waals surface area contributed by atoms with E-state index in [2.05, 4.69) is 0 Å². The lowest BCUT2D eigenvalue weighted by Crippen LogP contribution is -2.21. The van der Waals surface area contributed by atoms with E-state index in [9.17, 15) is 20.2 Å². The fraction of sp³-hybridized carbons (Fsp3) is 0.120. The van der Waals surface area contributed by atoms with Gasteiger partial charge >= 0.3 is 5.97 Å². The van der Waals surface area contributed by atoms with E-state index in [0.29, 0.717) is 21.9 Å². The Kier molecular flexibility index (Phi) is 6.57. The number of nitro groups is 1. The SMILES string of the molecule is Cc1cc(OCC(=O)Oc2ccc3c(c2)OC(N)=C(C#N)C3c2cccc([N+](=O)[O-])c2)ccc1Cl. The van der Waals surface area contributed by atoms with Gasteiger partial charge in [-0.3, -0.25) is 10.1 Å². The fourth-order valence-electron chi connectivity index (χ4n) is 3.67. The summed E-state index contributed by atoms with van der Waals surface area (Å²) >= 11 is 5.99. The quantitative estimate of drug-likeness (QED) is 0.225. The molecule has 0 radical (unpaired) electrons. The summed E-state index contributed by atoms with van der Waals surface area (Å²) < 4.78 is 16.4. The zero-order valence-corrected chi connectivity index (χ0v) is 19.1. The Hall–Kier alpha value is -4.55. The molecule has 176 valence electrons. The summed E-state index contributed by atoms with van der Waals surface area (Å²) in [6.45, 7) is 1.48. The van der Waals surface area contributed by atoms with Crippen molar-refractivity contribution in [3.8, 4) is 23.3 Å². The van der Waals surface area contributed by atoms with Crippen LogP contribution in [0, 0.1) is 28.4 Å². The largest absolute Gasteiger partial charge is 0.482 e. The third kappa shape index (κ3) is 5.03. The van der Waals surface area contributed by atoms with Crippen molar-refractivity contribution in [1.29, 1.82) is 5.26 Å². The lowest BCUT2D eigenvalue weighted by molar-refractivity contribution is -0.384. The number of nitrogens with zero attached hydrogens (tertiary/aromatic N) is 2. The number of allylic oxidation sites excluding steroid dienone is 1. The highest BCUT2D eigenvalue weighted by Crippen LogP contribution is 2.44. The molecule has 1 aliphatic heterocycles. The molecule has 10 heteroatoms. The second-order valence-electron chi connectivity index (χ2n) is 7.65. The summed E-state index contributed by atoms with van der Waals surface area (Å²) in [5.74, 6) is -0.566. The summed E-state index contributed by atoms with van der Waals surface area (Å²) in [7, 11) is 0. The van der Waals surface area contributed by atoms with Gasteiger partial charge in [-0.25, -0.2) is 4.79 Å². The zero-order chi connectivity index (χ0) is 25.1. The molecular formula is C25H18ClN3O6. The van der Waals surface area contributed by atoms with Crippen LogP contribution in [0.25, 0.3) is 0 Å². The first-order chi connectivity index (χ1) is 16.8. The van der Waals surface area contributed by atoms with Crippen LogP contribution in [0.5, 0.6) is 17.2 Å². The number of aryl methyl sites for hydroxylation is 1. The second-order valence-corrected chi connectivity index (χ2v) is 8.06. The molecule has 0 fully saturated rings. The maximum absolute atomic E-state index is 12.3. The van der Waals surface area contributed by atoms with Gasteiger partial charge < -0.3 is 19.9 Å². The lowest BCUT2D eigenvalue weighted by atomic mass is 9.83. The number of esters is 1. The van der Waals surface area contributed by atoms with Crippen molar-refractivity contribution >= 4 is 23.3 Å². The van der Waals surface area contributed by atoms with E-state index in [1.165, 1.54) is 30.3 Å². The van der Waals surface area contributed by atoms with Crippen molar-refractivity contribution in [2.24, 2.45) is 5.73 Å². The van der Waals surface area contributed by atoms with Gasteiger partial charge in [0.25, 0.3) is 5.69 Å². The van der Waals surface area contributed by atoms with Crippen molar-refractivity contribution in [3.05, 3.63) is 104 Å². The smallest absolute Gasteiger partial charge is 0.349 e. The highest BCUT2D eigenvalue weighted by Gasteiger charge is 2.32. The average molecular weight is 492 g/mol. The Labute approximate surface area is 205 Å². The third-order valence-electron chi connectivity index (χ3n) is 5.32. The fourth-order valence-corrected chi connectivity index (χ4v) is 3.79. The number of fused-ring (bicyclic) bond motifs is 1. The van der Waals surface area contributed by atoms with E-state index < -0.39 is 16.8 Å². The molecule has 35 heavy (non-hydrogen) atoms. The van der Waals surface area contributed by atoms with Crippen molar-refractivity contribution in [2.75, 3.05) is 6.61 Å². The van der Waals surface area contributed by atoms with Gasteiger partial charge in [-0.15, -0.1) is 0 Å². The van der Waals surface area contributed by atoms with Crippen LogP contribution in [-0.2, 0) is 4.79 Å². The van der Waals surface area contributed by atoms with Crippen molar-refractivity contribution in [3.63, 3.8) is 0 Å². The number of benzene rings is 3. The maximum atomic E-state index is 12.3. The summed E-state index contributed by atoms with van der Waals surface area (Å²) in [5, 5.41) is 21.5. The minimum absolute atomic E-state index is 0.118. The predicted molar refractivity (Wildman–Crippen MR) is 126 cm³/mol. The van der Waals surface area contributed by atoms with E-state index in [4.69, 9.17) is 31.5 Å². The molecule has 1 unspecified atom stereocenters. The van der Waals surface area contributed by atoms with Gasteiger partial charge in [0.2, 0.25) is 5.88 Å². The number of nitrogens with two attached hydrogens (primary N) is 1.